The average molecular weight is 375 g/mol. The molecule has 2 heterocycles. The van der Waals surface area contributed by atoms with Crippen molar-refractivity contribution >= 4 is 18.2 Å². The van der Waals surface area contributed by atoms with Gasteiger partial charge in [0.15, 0.2) is 0 Å². The molecule has 0 spiro atoms. The number of benzene rings is 1. The lowest BCUT2D eigenvalue weighted by Crippen LogP contribution is -2.40. The van der Waals surface area contributed by atoms with Crippen molar-refractivity contribution in [2.75, 3.05) is 19.7 Å². The molecular weight excluding hydrogens is 350 g/mol. The van der Waals surface area contributed by atoms with Gasteiger partial charge in [-0.3, -0.25) is 9.69 Å². The Labute approximate surface area is 158 Å². The van der Waals surface area contributed by atoms with Crippen molar-refractivity contribution in [3.63, 3.8) is 0 Å². The summed E-state index contributed by atoms with van der Waals surface area (Å²) < 4.78 is 9.12. The van der Waals surface area contributed by atoms with Crippen molar-refractivity contribution in [2.45, 2.75) is 40.3 Å². The molecule has 1 aromatic heterocycles. The molecule has 0 amide bonds. The van der Waals surface area contributed by atoms with Gasteiger partial charge >= 0.3 is 5.97 Å². The molecule has 1 fully saturated rings. The van der Waals surface area contributed by atoms with Gasteiger partial charge in [-0.2, -0.15) is 4.68 Å². The van der Waals surface area contributed by atoms with Crippen molar-refractivity contribution in [1.29, 1.82) is 0 Å². The molecule has 0 bridgehead atoms. The Morgan fingerprint density at radius 3 is 2.88 bits per heavy atom. The van der Waals surface area contributed by atoms with Crippen LogP contribution < -0.4 is 0 Å². The number of hydrogen-bond donors (Lipinski definition) is 0. The third-order valence-corrected chi connectivity index (χ3v) is 5.06. The first-order valence-electron chi connectivity index (χ1n) is 8.99. The Morgan fingerprint density at radius 2 is 2.15 bits per heavy atom. The molecule has 1 aliphatic rings. The lowest BCUT2D eigenvalue weighted by Gasteiger charge is -2.30. The van der Waals surface area contributed by atoms with E-state index in [0.717, 1.165) is 30.6 Å². The Hall–Kier alpha value is -2.06. The maximum absolute atomic E-state index is 12.0. The molecular formula is C18H25N5O2S. The summed E-state index contributed by atoms with van der Waals surface area (Å²) in [6, 6.07) is 6.15. The van der Waals surface area contributed by atoms with Crippen LogP contribution in [0.2, 0.25) is 0 Å². The number of ether oxygens (including phenoxy) is 1. The minimum atomic E-state index is -0.111. The maximum atomic E-state index is 12.0. The molecule has 0 N–H and O–H groups in total. The zero-order chi connectivity index (χ0) is 18.7. The molecule has 8 heteroatoms. The first kappa shape index (κ1) is 18.7. The van der Waals surface area contributed by atoms with Gasteiger partial charge in [-0.1, -0.05) is 17.7 Å². The average Bonchev–Trinajstić information content (AvgIpc) is 2.96. The van der Waals surface area contributed by atoms with Crippen LogP contribution in [0.3, 0.4) is 0 Å². The molecule has 7 nitrogen and oxygen atoms in total. The second-order valence-corrected chi connectivity index (χ2v) is 7.14. The van der Waals surface area contributed by atoms with E-state index in [1.54, 1.807) is 9.36 Å². The van der Waals surface area contributed by atoms with Gasteiger partial charge < -0.3 is 4.74 Å². The lowest BCUT2D eigenvalue weighted by atomic mass is 9.99. The van der Waals surface area contributed by atoms with Gasteiger partial charge in [0, 0.05) is 6.54 Å². The van der Waals surface area contributed by atoms with Crippen molar-refractivity contribution < 1.29 is 9.53 Å². The van der Waals surface area contributed by atoms with E-state index >= 15 is 0 Å². The molecule has 1 saturated heterocycles. The van der Waals surface area contributed by atoms with Crippen molar-refractivity contribution in [2.24, 2.45) is 5.92 Å². The predicted molar refractivity (Wildman–Crippen MR) is 101 cm³/mol. The largest absolute Gasteiger partial charge is 0.466 e. The first-order valence-corrected chi connectivity index (χ1v) is 9.40. The first-order chi connectivity index (χ1) is 12.5. The number of aromatic nitrogens is 4. The maximum Gasteiger partial charge on any atom is 0.310 e. The summed E-state index contributed by atoms with van der Waals surface area (Å²) >= 11 is 5.57. The van der Waals surface area contributed by atoms with E-state index in [4.69, 9.17) is 17.0 Å². The molecule has 0 aliphatic carbocycles. The van der Waals surface area contributed by atoms with Gasteiger partial charge in [-0.15, -0.1) is 0 Å². The molecule has 1 aliphatic heterocycles. The summed E-state index contributed by atoms with van der Waals surface area (Å²) in [6.07, 6.45) is 1.83. The number of tetrazole rings is 1. The highest BCUT2D eigenvalue weighted by molar-refractivity contribution is 7.71. The fourth-order valence-corrected chi connectivity index (χ4v) is 3.61. The number of rotatable bonds is 5. The summed E-state index contributed by atoms with van der Waals surface area (Å²) in [7, 11) is 0. The monoisotopic (exact) mass is 375 g/mol. The predicted octanol–water partition coefficient (Wildman–Crippen LogP) is 2.65. The number of piperidine rings is 1. The third-order valence-electron chi connectivity index (χ3n) is 4.68. The molecule has 1 aromatic carbocycles. The smallest absolute Gasteiger partial charge is 0.310 e. The minimum absolute atomic E-state index is 0.0766. The van der Waals surface area contributed by atoms with Gasteiger partial charge in [-0.25, -0.2) is 4.68 Å². The van der Waals surface area contributed by atoms with Crippen LogP contribution in [0.4, 0.5) is 0 Å². The normalized spacial score (nSPS) is 18.0. The summed E-state index contributed by atoms with van der Waals surface area (Å²) in [5.74, 6) is -0.188. The zero-order valence-corrected chi connectivity index (χ0v) is 16.3. The fourth-order valence-electron chi connectivity index (χ4n) is 3.38. The fraction of sp³-hybridized carbons (Fsp3) is 0.556. The number of carbonyl (C=O) groups excluding carboxylic acids is 1. The summed E-state index contributed by atoms with van der Waals surface area (Å²) in [6.45, 7) is 8.46. The third kappa shape index (κ3) is 4.02. The SMILES string of the molecule is CCOC(=O)[C@H]1CCCN(Cn2nnn(-c3ccc(C)cc3C)c2=S)C1. The van der Waals surface area contributed by atoms with E-state index < -0.39 is 0 Å². The van der Waals surface area contributed by atoms with E-state index in [1.807, 2.05) is 26.0 Å². The molecule has 0 unspecified atom stereocenters. The highest BCUT2D eigenvalue weighted by Crippen LogP contribution is 2.19. The Balaban J connectivity index is 1.74. The van der Waals surface area contributed by atoms with Gasteiger partial charge in [-0.05, 0) is 74.4 Å². The summed E-state index contributed by atoms with van der Waals surface area (Å²) in [5.41, 5.74) is 3.24. The number of carbonyl (C=O) groups is 1. The number of hydrogen-bond acceptors (Lipinski definition) is 6. The van der Waals surface area contributed by atoms with Crippen molar-refractivity contribution in [3.05, 3.63) is 34.1 Å². The van der Waals surface area contributed by atoms with Crippen LogP contribution in [-0.2, 0) is 16.2 Å². The Kier molecular flexibility index (Phi) is 5.83. The van der Waals surface area contributed by atoms with E-state index in [1.165, 1.54) is 5.56 Å². The highest BCUT2D eigenvalue weighted by Gasteiger charge is 2.27. The van der Waals surface area contributed by atoms with E-state index in [0.29, 0.717) is 24.6 Å². The molecule has 0 saturated carbocycles. The molecule has 3 rings (SSSR count). The van der Waals surface area contributed by atoms with Crippen molar-refractivity contribution in [1.82, 2.24) is 24.7 Å². The van der Waals surface area contributed by atoms with Crippen LogP contribution >= 0.6 is 12.2 Å². The summed E-state index contributed by atoms with van der Waals surface area (Å²) in [5, 5.41) is 8.46. The van der Waals surface area contributed by atoms with Crippen LogP contribution in [0, 0.1) is 24.5 Å². The molecule has 2 aromatic rings. The molecule has 26 heavy (non-hydrogen) atoms. The quantitative estimate of drug-likeness (QED) is 0.591. The van der Waals surface area contributed by atoms with Crippen LogP contribution in [0.15, 0.2) is 18.2 Å². The molecule has 0 radical (unpaired) electrons. The van der Waals surface area contributed by atoms with E-state index in [2.05, 4.69) is 28.3 Å². The van der Waals surface area contributed by atoms with Crippen molar-refractivity contribution in [3.8, 4) is 5.69 Å². The van der Waals surface area contributed by atoms with Crippen LogP contribution in [0.25, 0.3) is 5.69 Å². The Bertz CT molecular complexity index is 844. The van der Waals surface area contributed by atoms with E-state index in [9.17, 15) is 4.79 Å². The Morgan fingerprint density at radius 1 is 1.35 bits per heavy atom. The van der Waals surface area contributed by atoms with Crippen LogP contribution in [-0.4, -0.2) is 50.4 Å². The standard InChI is InChI=1S/C18H25N5O2S/c1-4-25-17(24)15-6-5-9-21(11-15)12-22-18(26)23(20-19-22)16-8-7-13(2)10-14(16)3/h7-8,10,15H,4-6,9,11-12H2,1-3H3/t15-/m0/s1. The molecule has 140 valence electrons. The van der Waals surface area contributed by atoms with Crippen LogP contribution in [0.1, 0.15) is 30.9 Å². The van der Waals surface area contributed by atoms with Crippen LogP contribution in [0.5, 0.6) is 0 Å². The van der Waals surface area contributed by atoms with Gasteiger partial charge in [0.25, 0.3) is 0 Å². The molecule has 1 atom stereocenters. The van der Waals surface area contributed by atoms with Gasteiger partial charge in [0.2, 0.25) is 4.77 Å². The topological polar surface area (TPSA) is 65.2 Å². The van der Waals surface area contributed by atoms with Gasteiger partial charge in [0.1, 0.15) is 0 Å². The zero-order valence-electron chi connectivity index (χ0n) is 15.5. The second-order valence-electron chi connectivity index (χ2n) is 6.77. The number of aryl methyl sites for hydroxylation is 2. The number of likely N-dealkylation sites (tertiary alicyclic amines) is 1. The highest BCUT2D eigenvalue weighted by atomic mass is 32.1. The minimum Gasteiger partial charge on any atom is -0.466 e. The second kappa shape index (κ2) is 8.09. The van der Waals surface area contributed by atoms with Gasteiger partial charge in [0.05, 0.1) is 24.9 Å². The summed E-state index contributed by atoms with van der Waals surface area (Å²) in [4.78, 5) is 14.2. The number of esters is 1. The number of nitrogens with zero attached hydrogens (tertiary/aromatic N) is 5. The van der Waals surface area contributed by atoms with E-state index in [-0.39, 0.29) is 11.9 Å². The lowest BCUT2D eigenvalue weighted by molar-refractivity contribution is -0.150.